The molecule has 0 aliphatic carbocycles. The van der Waals surface area contributed by atoms with Crippen molar-refractivity contribution in [1.82, 2.24) is 8.96 Å². The third kappa shape index (κ3) is 3.87. The molecule has 0 fully saturated rings. The maximum atomic E-state index is 13.8. The first-order valence-corrected chi connectivity index (χ1v) is 10.3. The SMILES string of the molecule is Cc1c(CC(=O)O)c2cc(F)ccc2n1[S+]([O-])c1ccc(Nc2ccncc2)cc1. The Bertz CT molecular complexity index is 1210. The van der Waals surface area contributed by atoms with Crippen molar-refractivity contribution in [2.45, 2.75) is 18.2 Å². The van der Waals surface area contributed by atoms with Gasteiger partial charge in [0.15, 0.2) is 4.90 Å². The van der Waals surface area contributed by atoms with E-state index < -0.39 is 23.1 Å². The standard InChI is InChI=1S/C22H18FN3O3S/c1-14-19(13-22(27)28)20-12-15(23)2-7-21(20)26(14)30(29)18-5-3-16(4-6-18)25-17-8-10-24-11-9-17/h2-12H,13H2,1H3,(H,24,25)(H,27,28). The monoisotopic (exact) mass is 423 g/mol. The van der Waals surface area contributed by atoms with Gasteiger partial charge in [0.2, 0.25) is 0 Å². The van der Waals surface area contributed by atoms with Crippen LogP contribution in [0, 0.1) is 12.7 Å². The van der Waals surface area contributed by atoms with Gasteiger partial charge in [0, 0.05) is 29.2 Å². The Morgan fingerprint density at radius 2 is 1.80 bits per heavy atom. The van der Waals surface area contributed by atoms with Crippen LogP contribution in [0.1, 0.15) is 11.3 Å². The molecule has 0 radical (unpaired) electrons. The van der Waals surface area contributed by atoms with Gasteiger partial charge in [-0.05, 0) is 67.1 Å². The molecular formula is C22H18FN3O3S. The summed E-state index contributed by atoms with van der Waals surface area (Å²) in [5.41, 5.74) is 3.23. The summed E-state index contributed by atoms with van der Waals surface area (Å²) in [4.78, 5) is 15.8. The van der Waals surface area contributed by atoms with Gasteiger partial charge in [-0.15, -0.1) is 0 Å². The highest BCUT2D eigenvalue weighted by atomic mass is 32.2. The maximum Gasteiger partial charge on any atom is 0.307 e. The number of carboxylic acid groups (broad SMARTS) is 1. The summed E-state index contributed by atoms with van der Waals surface area (Å²) in [7, 11) is 0. The predicted octanol–water partition coefficient (Wildman–Crippen LogP) is 4.43. The van der Waals surface area contributed by atoms with Crippen molar-refractivity contribution in [3.05, 3.63) is 84.1 Å². The molecule has 2 aromatic carbocycles. The third-order valence-electron chi connectivity index (χ3n) is 4.76. The number of hydrogen-bond acceptors (Lipinski definition) is 4. The molecule has 0 amide bonds. The summed E-state index contributed by atoms with van der Waals surface area (Å²) >= 11 is -1.62. The lowest BCUT2D eigenvalue weighted by Crippen LogP contribution is -2.15. The van der Waals surface area contributed by atoms with Gasteiger partial charge in [-0.2, -0.15) is 3.97 Å². The zero-order valence-corrected chi connectivity index (χ0v) is 16.8. The largest absolute Gasteiger partial charge is 0.587 e. The van der Waals surface area contributed by atoms with E-state index >= 15 is 0 Å². The van der Waals surface area contributed by atoms with E-state index in [-0.39, 0.29) is 6.42 Å². The molecule has 0 saturated carbocycles. The van der Waals surface area contributed by atoms with E-state index in [9.17, 15) is 18.8 Å². The van der Waals surface area contributed by atoms with E-state index in [1.165, 1.54) is 18.2 Å². The van der Waals surface area contributed by atoms with Crippen molar-refractivity contribution in [2.75, 3.05) is 5.32 Å². The number of aliphatic carboxylic acids is 1. The predicted molar refractivity (Wildman–Crippen MR) is 114 cm³/mol. The van der Waals surface area contributed by atoms with Gasteiger partial charge in [0.1, 0.15) is 17.2 Å². The number of aromatic nitrogens is 2. The fraction of sp³-hybridized carbons (Fsp3) is 0.0909. The normalized spacial score (nSPS) is 12.1. The van der Waals surface area contributed by atoms with Crippen LogP contribution >= 0.6 is 0 Å². The van der Waals surface area contributed by atoms with Crippen LogP contribution in [0.15, 0.2) is 71.9 Å². The summed E-state index contributed by atoms with van der Waals surface area (Å²) in [6.45, 7) is 1.70. The van der Waals surface area contributed by atoms with Crippen LogP contribution in [0.3, 0.4) is 0 Å². The highest BCUT2D eigenvalue weighted by molar-refractivity contribution is 7.90. The molecule has 30 heavy (non-hydrogen) atoms. The van der Waals surface area contributed by atoms with Crippen LogP contribution in [-0.2, 0) is 22.6 Å². The third-order valence-corrected chi connectivity index (χ3v) is 6.24. The Balaban J connectivity index is 1.70. The van der Waals surface area contributed by atoms with Gasteiger partial charge in [-0.3, -0.25) is 9.78 Å². The Morgan fingerprint density at radius 3 is 2.47 bits per heavy atom. The lowest BCUT2D eigenvalue weighted by atomic mass is 10.1. The van der Waals surface area contributed by atoms with Crippen LogP contribution in [0.4, 0.5) is 15.8 Å². The molecule has 152 valence electrons. The van der Waals surface area contributed by atoms with Gasteiger partial charge in [0.05, 0.1) is 17.6 Å². The quantitative estimate of drug-likeness (QED) is 0.448. The maximum absolute atomic E-state index is 13.8. The van der Waals surface area contributed by atoms with E-state index in [4.69, 9.17) is 0 Å². The van der Waals surface area contributed by atoms with Crippen LogP contribution in [0.2, 0.25) is 0 Å². The topological polar surface area (TPSA) is 90.2 Å². The number of rotatable bonds is 6. The molecule has 2 aromatic heterocycles. The molecule has 4 aromatic rings. The van der Waals surface area contributed by atoms with Gasteiger partial charge in [-0.1, -0.05) is 0 Å². The molecule has 0 saturated heterocycles. The minimum Gasteiger partial charge on any atom is -0.587 e. The molecular weight excluding hydrogens is 405 g/mol. The van der Waals surface area contributed by atoms with Crippen LogP contribution in [0.5, 0.6) is 0 Å². The number of nitrogens with one attached hydrogen (secondary N) is 1. The number of carbonyl (C=O) groups is 1. The Morgan fingerprint density at radius 1 is 1.13 bits per heavy atom. The fourth-order valence-corrected chi connectivity index (χ4v) is 4.65. The molecule has 4 rings (SSSR count). The number of anilines is 2. The molecule has 0 aliphatic heterocycles. The molecule has 2 heterocycles. The number of benzene rings is 2. The van der Waals surface area contributed by atoms with Crippen LogP contribution in [0.25, 0.3) is 10.9 Å². The van der Waals surface area contributed by atoms with Crippen molar-refractivity contribution in [3.63, 3.8) is 0 Å². The second-order valence-corrected chi connectivity index (χ2v) is 8.06. The molecule has 6 nitrogen and oxygen atoms in total. The summed E-state index contributed by atoms with van der Waals surface area (Å²) in [5.74, 6) is -1.50. The van der Waals surface area contributed by atoms with Crippen molar-refractivity contribution in [1.29, 1.82) is 0 Å². The van der Waals surface area contributed by atoms with Gasteiger partial charge >= 0.3 is 5.97 Å². The first-order chi connectivity index (χ1) is 14.4. The minimum absolute atomic E-state index is 0.273. The van der Waals surface area contributed by atoms with E-state index in [2.05, 4.69) is 10.3 Å². The Hall–Kier alpha value is -3.36. The number of halogens is 1. The number of hydrogen-bond donors (Lipinski definition) is 2. The van der Waals surface area contributed by atoms with Gasteiger partial charge in [0.25, 0.3) is 0 Å². The van der Waals surface area contributed by atoms with E-state index in [1.807, 2.05) is 24.3 Å². The molecule has 1 atom stereocenters. The van der Waals surface area contributed by atoms with Crippen molar-refractivity contribution >= 4 is 39.6 Å². The van der Waals surface area contributed by atoms with Gasteiger partial charge < -0.3 is 15.0 Å². The number of fused-ring (bicyclic) bond motifs is 1. The molecule has 1 unspecified atom stereocenters. The average molecular weight is 423 g/mol. The molecule has 2 N–H and O–H groups in total. The number of nitrogens with zero attached hydrogens (tertiary/aromatic N) is 2. The zero-order chi connectivity index (χ0) is 21.3. The molecule has 0 aliphatic rings. The summed E-state index contributed by atoms with van der Waals surface area (Å²) in [6, 6.07) is 14.9. The second-order valence-electron chi connectivity index (χ2n) is 6.72. The Kier molecular flexibility index (Phi) is 5.43. The molecule has 0 spiro atoms. The summed E-state index contributed by atoms with van der Waals surface area (Å²) < 4.78 is 28.7. The van der Waals surface area contributed by atoms with E-state index in [0.717, 1.165) is 11.4 Å². The summed E-state index contributed by atoms with van der Waals surface area (Å²) in [6.07, 6.45) is 3.09. The fourth-order valence-electron chi connectivity index (χ4n) is 3.38. The zero-order valence-electron chi connectivity index (χ0n) is 16.0. The van der Waals surface area contributed by atoms with Crippen molar-refractivity contribution in [3.8, 4) is 0 Å². The summed E-state index contributed by atoms with van der Waals surface area (Å²) in [5, 5.41) is 12.9. The van der Waals surface area contributed by atoms with E-state index in [1.54, 1.807) is 35.4 Å². The van der Waals surface area contributed by atoms with Crippen LogP contribution in [-0.4, -0.2) is 24.6 Å². The smallest absolute Gasteiger partial charge is 0.307 e. The average Bonchev–Trinajstić information content (AvgIpc) is 2.99. The number of carboxylic acids is 1. The minimum atomic E-state index is -1.62. The first-order valence-electron chi connectivity index (χ1n) is 9.14. The highest BCUT2D eigenvalue weighted by Gasteiger charge is 2.25. The first kappa shape index (κ1) is 19.9. The van der Waals surface area contributed by atoms with Gasteiger partial charge in [-0.25, -0.2) is 4.39 Å². The van der Waals surface area contributed by atoms with Crippen molar-refractivity contribution < 1.29 is 18.8 Å². The lowest BCUT2D eigenvalue weighted by Gasteiger charge is -2.14. The molecule has 8 heteroatoms. The van der Waals surface area contributed by atoms with Crippen molar-refractivity contribution in [2.24, 2.45) is 0 Å². The molecule has 0 bridgehead atoms. The lowest BCUT2D eigenvalue weighted by molar-refractivity contribution is -0.136. The number of pyridine rings is 1. The van der Waals surface area contributed by atoms with Crippen LogP contribution < -0.4 is 5.32 Å². The highest BCUT2D eigenvalue weighted by Crippen LogP contribution is 2.31. The van der Waals surface area contributed by atoms with E-state index in [0.29, 0.717) is 27.1 Å². The Labute approximate surface area is 175 Å². The second kappa shape index (κ2) is 8.17.